The van der Waals surface area contributed by atoms with Crippen LogP contribution in [0.5, 0.6) is 0 Å². The Morgan fingerprint density at radius 1 is 1.22 bits per heavy atom. The van der Waals surface area contributed by atoms with Gasteiger partial charge in [-0.15, -0.1) is 11.3 Å². The molecule has 1 aromatic carbocycles. The zero-order chi connectivity index (χ0) is 17.0. The van der Waals surface area contributed by atoms with Gasteiger partial charge >= 0.3 is 0 Å². The largest absolute Gasteiger partial charge is 0.352 e. The molecular formula is C19H26N2OS. The second-order valence-corrected chi connectivity index (χ2v) is 7.58. The van der Waals surface area contributed by atoms with Crippen LogP contribution in [0.4, 0.5) is 0 Å². The molecule has 1 aromatic heterocycles. The van der Waals surface area contributed by atoms with Crippen LogP contribution in [0.15, 0.2) is 23.7 Å². The Kier molecular flexibility index (Phi) is 5.94. The van der Waals surface area contributed by atoms with Gasteiger partial charge in [-0.05, 0) is 42.0 Å². The third kappa shape index (κ3) is 4.64. The molecule has 0 aliphatic carbocycles. The van der Waals surface area contributed by atoms with Gasteiger partial charge in [0.15, 0.2) is 0 Å². The fourth-order valence-electron chi connectivity index (χ4n) is 2.53. The maximum Gasteiger partial charge on any atom is 0.222 e. The standard InChI is InChI=1S/C19H26N2OS/c1-12(2)8-17-9-15(18-14(5)21-11-23-18)6-7-16(17)10-20-19(22)13(3)4/h6-7,9,11-13H,8,10H2,1-5H3,(H,20,22). The van der Waals surface area contributed by atoms with Gasteiger partial charge in [0.1, 0.15) is 0 Å². The number of thiazole rings is 1. The van der Waals surface area contributed by atoms with Crippen molar-refractivity contribution in [3.05, 3.63) is 40.5 Å². The fraction of sp³-hybridized carbons (Fsp3) is 0.474. The van der Waals surface area contributed by atoms with Crippen LogP contribution in [0, 0.1) is 18.8 Å². The number of aryl methyl sites for hydroxylation is 1. The summed E-state index contributed by atoms with van der Waals surface area (Å²) in [5.74, 6) is 0.692. The second-order valence-electron chi connectivity index (χ2n) is 6.72. The van der Waals surface area contributed by atoms with Gasteiger partial charge < -0.3 is 5.32 Å². The number of carbonyl (C=O) groups is 1. The molecule has 0 spiro atoms. The van der Waals surface area contributed by atoms with Crippen molar-refractivity contribution in [1.82, 2.24) is 10.3 Å². The van der Waals surface area contributed by atoms with Crippen molar-refractivity contribution in [1.29, 1.82) is 0 Å². The summed E-state index contributed by atoms with van der Waals surface area (Å²) in [7, 11) is 0. The van der Waals surface area contributed by atoms with E-state index in [1.165, 1.54) is 21.6 Å². The van der Waals surface area contributed by atoms with Crippen molar-refractivity contribution >= 4 is 17.2 Å². The summed E-state index contributed by atoms with van der Waals surface area (Å²) in [6.45, 7) is 10.9. The molecule has 0 saturated heterocycles. The molecule has 1 heterocycles. The van der Waals surface area contributed by atoms with Crippen LogP contribution in [0.3, 0.4) is 0 Å². The van der Waals surface area contributed by atoms with Crippen molar-refractivity contribution in [3.8, 4) is 10.4 Å². The predicted molar refractivity (Wildman–Crippen MR) is 97.5 cm³/mol. The highest BCUT2D eigenvalue weighted by molar-refractivity contribution is 7.13. The third-order valence-corrected chi connectivity index (χ3v) is 4.80. The zero-order valence-corrected chi connectivity index (χ0v) is 15.5. The molecule has 0 fully saturated rings. The van der Waals surface area contributed by atoms with E-state index in [9.17, 15) is 4.79 Å². The van der Waals surface area contributed by atoms with Crippen LogP contribution in [-0.2, 0) is 17.8 Å². The Balaban J connectivity index is 2.28. The van der Waals surface area contributed by atoms with Gasteiger partial charge in [-0.3, -0.25) is 4.79 Å². The van der Waals surface area contributed by atoms with Crippen molar-refractivity contribution in [2.24, 2.45) is 11.8 Å². The second kappa shape index (κ2) is 7.73. The van der Waals surface area contributed by atoms with E-state index in [-0.39, 0.29) is 11.8 Å². The van der Waals surface area contributed by atoms with Crippen molar-refractivity contribution in [2.45, 2.75) is 47.6 Å². The quantitative estimate of drug-likeness (QED) is 0.842. The summed E-state index contributed by atoms with van der Waals surface area (Å²) in [4.78, 5) is 17.4. The van der Waals surface area contributed by atoms with E-state index < -0.39 is 0 Å². The summed E-state index contributed by atoms with van der Waals surface area (Å²) in [6, 6.07) is 6.55. The molecule has 23 heavy (non-hydrogen) atoms. The molecule has 0 atom stereocenters. The molecule has 0 aliphatic rings. The molecule has 0 bridgehead atoms. The number of benzene rings is 1. The lowest BCUT2D eigenvalue weighted by Crippen LogP contribution is -2.27. The van der Waals surface area contributed by atoms with Crippen LogP contribution in [0.1, 0.15) is 44.5 Å². The lowest BCUT2D eigenvalue weighted by molar-refractivity contribution is -0.124. The summed E-state index contributed by atoms with van der Waals surface area (Å²) in [6.07, 6.45) is 1.01. The minimum absolute atomic E-state index is 0.0164. The van der Waals surface area contributed by atoms with E-state index in [2.05, 4.69) is 42.3 Å². The number of nitrogens with one attached hydrogen (secondary N) is 1. The van der Waals surface area contributed by atoms with E-state index in [0.29, 0.717) is 12.5 Å². The van der Waals surface area contributed by atoms with Gasteiger partial charge in [0.2, 0.25) is 5.91 Å². The van der Waals surface area contributed by atoms with E-state index >= 15 is 0 Å². The Labute approximate surface area is 143 Å². The predicted octanol–water partition coefficient (Wildman–Crippen LogP) is 4.59. The summed E-state index contributed by atoms with van der Waals surface area (Å²) in [5.41, 5.74) is 6.71. The first-order valence-corrected chi connectivity index (χ1v) is 9.06. The lowest BCUT2D eigenvalue weighted by Gasteiger charge is -2.15. The van der Waals surface area contributed by atoms with Crippen LogP contribution in [0.2, 0.25) is 0 Å². The van der Waals surface area contributed by atoms with Gasteiger partial charge in [0.05, 0.1) is 16.1 Å². The van der Waals surface area contributed by atoms with E-state index in [4.69, 9.17) is 0 Å². The van der Waals surface area contributed by atoms with Crippen LogP contribution >= 0.6 is 11.3 Å². The van der Waals surface area contributed by atoms with Crippen molar-refractivity contribution in [3.63, 3.8) is 0 Å². The fourth-order valence-corrected chi connectivity index (χ4v) is 3.34. The lowest BCUT2D eigenvalue weighted by atomic mass is 9.95. The normalized spacial score (nSPS) is 11.3. The first-order chi connectivity index (χ1) is 10.9. The molecule has 1 N–H and O–H groups in total. The molecule has 1 amide bonds. The average molecular weight is 330 g/mol. The average Bonchev–Trinajstić information content (AvgIpc) is 2.91. The number of nitrogens with zero attached hydrogens (tertiary/aromatic N) is 1. The maximum atomic E-state index is 11.8. The number of hydrogen-bond donors (Lipinski definition) is 1. The summed E-state index contributed by atoms with van der Waals surface area (Å²) in [5, 5.41) is 3.03. The number of aromatic nitrogens is 1. The third-order valence-electron chi connectivity index (χ3n) is 3.82. The molecular weight excluding hydrogens is 304 g/mol. The molecule has 0 unspecified atom stereocenters. The van der Waals surface area contributed by atoms with Crippen molar-refractivity contribution < 1.29 is 4.79 Å². The molecule has 2 aromatic rings. The van der Waals surface area contributed by atoms with E-state index in [1.807, 2.05) is 26.3 Å². The minimum atomic E-state index is 0.0164. The molecule has 2 rings (SSSR count). The van der Waals surface area contributed by atoms with Gasteiger partial charge in [-0.2, -0.15) is 0 Å². The highest BCUT2D eigenvalue weighted by Gasteiger charge is 2.12. The van der Waals surface area contributed by atoms with E-state index in [1.54, 1.807) is 11.3 Å². The smallest absolute Gasteiger partial charge is 0.222 e. The maximum absolute atomic E-state index is 11.8. The Morgan fingerprint density at radius 3 is 2.52 bits per heavy atom. The molecule has 0 saturated carbocycles. The number of hydrogen-bond acceptors (Lipinski definition) is 3. The zero-order valence-electron chi connectivity index (χ0n) is 14.6. The molecule has 0 aliphatic heterocycles. The van der Waals surface area contributed by atoms with Gasteiger partial charge in [-0.1, -0.05) is 39.8 Å². The van der Waals surface area contributed by atoms with Crippen LogP contribution in [0.25, 0.3) is 10.4 Å². The van der Waals surface area contributed by atoms with Crippen LogP contribution in [-0.4, -0.2) is 10.9 Å². The number of rotatable bonds is 6. The molecule has 4 heteroatoms. The summed E-state index contributed by atoms with van der Waals surface area (Å²) < 4.78 is 0. The molecule has 124 valence electrons. The van der Waals surface area contributed by atoms with E-state index in [0.717, 1.165) is 12.1 Å². The Hall–Kier alpha value is -1.68. The Morgan fingerprint density at radius 2 is 1.96 bits per heavy atom. The first kappa shape index (κ1) is 17.7. The monoisotopic (exact) mass is 330 g/mol. The van der Waals surface area contributed by atoms with Gasteiger partial charge in [-0.25, -0.2) is 4.98 Å². The summed E-state index contributed by atoms with van der Waals surface area (Å²) >= 11 is 1.68. The SMILES string of the molecule is Cc1ncsc1-c1ccc(CNC(=O)C(C)C)c(CC(C)C)c1. The first-order valence-electron chi connectivity index (χ1n) is 8.18. The van der Waals surface area contributed by atoms with Gasteiger partial charge in [0, 0.05) is 12.5 Å². The number of carbonyl (C=O) groups excluding carboxylic acids is 1. The Bertz CT molecular complexity index is 674. The molecule has 3 nitrogen and oxygen atoms in total. The van der Waals surface area contributed by atoms with Crippen molar-refractivity contribution in [2.75, 3.05) is 0 Å². The van der Waals surface area contributed by atoms with Gasteiger partial charge in [0.25, 0.3) is 0 Å². The topological polar surface area (TPSA) is 42.0 Å². The van der Waals surface area contributed by atoms with Crippen LogP contribution < -0.4 is 5.32 Å². The highest BCUT2D eigenvalue weighted by atomic mass is 32.1. The number of amides is 1. The molecule has 0 radical (unpaired) electrons. The highest BCUT2D eigenvalue weighted by Crippen LogP contribution is 2.29. The minimum Gasteiger partial charge on any atom is -0.352 e.